The zero-order chi connectivity index (χ0) is 16.4. The van der Waals surface area contributed by atoms with Crippen LogP contribution >= 0.6 is 0 Å². The van der Waals surface area contributed by atoms with E-state index in [4.69, 9.17) is 4.74 Å². The second-order valence-electron chi connectivity index (χ2n) is 6.71. The van der Waals surface area contributed by atoms with Gasteiger partial charge in [0.15, 0.2) is 0 Å². The summed E-state index contributed by atoms with van der Waals surface area (Å²) < 4.78 is 33.1. The minimum atomic E-state index is -0.559. The van der Waals surface area contributed by atoms with Crippen molar-refractivity contribution in [2.24, 2.45) is 5.92 Å². The van der Waals surface area contributed by atoms with Gasteiger partial charge in [0.1, 0.15) is 11.6 Å². The Hall–Kier alpha value is -1.49. The summed E-state index contributed by atoms with van der Waals surface area (Å²) in [6.45, 7) is 2.80. The van der Waals surface area contributed by atoms with E-state index in [2.05, 4.69) is 5.32 Å². The summed E-state index contributed by atoms with van der Waals surface area (Å²) in [6, 6.07) is 3.89. The van der Waals surface area contributed by atoms with Crippen LogP contribution in [0.25, 0.3) is 0 Å². The predicted octanol–water partition coefficient (Wildman–Crippen LogP) is 3.53. The number of hydrogen-bond donors (Lipinski definition) is 1. The number of ether oxygens (including phenoxy) is 1. The number of nitrogens with one attached hydrogen (secondary N) is 1. The number of carbonyl (C=O) groups is 1. The summed E-state index contributed by atoms with van der Waals surface area (Å²) in [5, 5.41) is 2.97. The fourth-order valence-corrected chi connectivity index (χ4v) is 3.40. The molecule has 1 heterocycles. The van der Waals surface area contributed by atoms with Crippen LogP contribution in [-0.4, -0.2) is 24.7 Å². The Balaban J connectivity index is 1.48. The average Bonchev–Trinajstić information content (AvgIpc) is 3.10. The maximum absolute atomic E-state index is 13.7. The predicted molar refractivity (Wildman–Crippen MR) is 83.0 cm³/mol. The van der Waals surface area contributed by atoms with E-state index in [9.17, 15) is 13.6 Å². The van der Waals surface area contributed by atoms with Gasteiger partial charge in [0.05, 0.1) is 6.10 Å². The third kappa shape index (κ3) is 3.89. The van der Waals surface area contributed by atoms with E-state index in [1.165, 1.54) is 18.2 Å². The molecule has 5 heteroatoms. The third-order valence-corrected chi connectivity index (χ3v) is 4.83. The highest BCUT2D eigenvalue weighted by atomic mass is 19.1. The first-order chi connectivity index (χ1) is 11.1. The van der Waals surface area contributed by atoms with Crippen molar-refractivity contribution < 1.29 is 18.3 Å². The number of benzene rings is 1. The van der Waals surface area contributed by atoms with Gasteiger partial charge in [-0.1, -0.05) is 6.07 Å². The molecule has 1 saturated carbocycles. The molecule has 126 valence electrons. The maximum Gasteiger partial charge on any atom is 0.223 e. The zero-order valence-electron chi connectivity index (χ0n) is 13.4. The molecule has 1 amide bonds. The quantitative estimate of drug-likeness (QED) is 0.870. The lowest BCUT2D eigenvalue weighted by molar-refractivity contribution is -0.123. The molecule has 3 rings (SSSR count). The van der Waals surface area contributed by atoms with E-state index in [0.717, 1.165) is 32.3 Å². The van der Waals surface area contributed by atoms with Gasteiger partial charge in [0.25, 0.3) is 0 Å². The van der Waals surface area contributed by atoms with Gasteiger partial charge in [0, 0.05) is 30.0 Å². The van der Waals surface area contributed by atoms with E-state index in [-0.39, 0.29) is 29.3 Å². The largest absolute Gasteiger partial charge is 0.378 e. The Morgan fingerprint density at radius 1 is 1.39 bits per heavy atom. The molecule has 23 heavy (non-hydrogen) atoms. The molecule has 1 aromatic carbocycles. The van der Waals surface area contributed by atoms with Gasteiger partial charge in [-0.25, -0.2) is 8.78 Å². The Kier molecular flexibility index (Phi) is 4.95. The second kappa shape index (κ2) is 6.95. The molecule has 1 aliphatic heterocycles. The van der Waals surface area contributed by atoms with Crippen LogP contribution in [0, 0.1) is 17.6 Å². The Labute approximate surface area is 135 Å². The number of hydrogen-bond acceptors (Lipinski definition) is 2. The van der Waals surface area contributed by atoms with Crippen molar-refractivity contribution in [3.8, 4) is 0 Å². The summed E-state index contributed by atoms with van der Waals surface area (Å²) in [7, 11) is 0. The molecule has 4 unspecified atom stereocenters. The topological polar surface area (TPSA) is 38.3 Å². The molecule has 0 aromatic heterocycles. The highest BCUT2D eigenvalue weighted by molar-refractivity contribution is 5.83. The van der Waals surface area contributed by atoms with Crippen molar-refractivity contribution in [3.63, 3.8) is 0 Å². The summed E-state index contributed by atoms with van der Waals surface area (Å²) >= 11 is 0. The van der Waals surface area contributed by atoms with Crippen LogP contribution in [0.4, 0.5) is 8.78 Å². The fourth-order valence-electron chi connectivity index (χ4n) is 3.40. The van der Waals surface area contributed by atoms with Crippen molar-refractivity contribution in [1.29, 1.82) is 0 Å². The molecule has 1 saturated heterocycles. The molecule has 4 atom stereocenters. The van der Waals surface area contributed by atoms with E-state index in [0.29, 0.717) is 12.5 Å². The molecule has 1 aliphatic carbocycles. The van der Waals surface area contributed by atoms with Gasteiger partial charge in [-0.2, -0.15) is 0 Å². The lowest BCUT2D eigenvalue weighted by Gasteiger charge is -2.16. The highest BCUT2D eigenvalue weighted by Gasteiger charge is 2.46. The molecule has 3 nitrogen and oxygen atoms in total. The summed E-state index contributed by atoms with van der Waals surface area (Å²) in [4.78, 5) is 12.2. The first-order valence-corrected chi connectivity index (χ1v) is 8.42. The van der Waals surface area contributed by atoms with Gasteiger partial charge in [-0.3, -0.25) is 4.79 Å². The van der Waals surface area contributed by atoms with E-state index >= 15 is 0 Å². The van der Waals surface area contributed by atoms with Crippen molar-refractivity contribution in [2.45, 2.75) is 57.1 Å². The van der Waals surface area contributed by atoms with Crippen LogP contribution in [0.2, 0.25) is 0 Å². The number of rotatable bonds is 6. The van der Waals surface area contributed by atoms with Crippen LogP contribution in [0.5, 0.6) is 0 Å². The average molecular weight is 323 g/mol. The van der Waals surface area contributed by atoms with Gasteiger partial charge in [-0.15, -0.1) is 0 Å². The van der Waals surface area contributed by atoms with Crippen molar-refractivity contribution in [3.05, 3.63) is 35.4 Å². The molecule has 0 spiro atoms. The number of halogens is 2. The van der Waals surface area contributed by atoms with Crippen molar-refractivity contribution >= 4 is 5.91 Å². The molecule has 2 fully saturated rings. The Morgan fingerprint density at radius 3 is 2.78 bits per heavy atom. The van der Waals surface area contributed by atoms with E-state index in [1.807, 2.05) is 6.92 Å². The van der Waals surface area contributed by atoms with Crippen LogP contribution in [0.15, 0.2) is 18.2 Å². The molecule has 2 aliphatic rings. The van der Waals surface area contributed by atoms with Gasteiger partial charge in [-0.05, 0) is 51.2 Å². The smallest absolute Gasteiger partial charge is 0.223 e. The molecule has 0 radical (unpaired) electrons. The minimum absolute atomic E-state index is 0.0541. The van der Waals surface area contributed by atoms with Crippen molar-refractivity contribution in [2.75, 3.05) is 6.61 Å². The SMILES string of the molecule is CC(CCC1CCCO1)NC(=O)C1CC1c1c(F)cccc1F. The lowest BCUT2D eigenvalue weighted by Crippen LogP contribution is -2.34. The molecular weight excluding hydrogens is 300 g/mol. The minimum Gasteiger partial charge on any atom is -0.378 e. The number of amides is 1. The fraction of sp³-hybridized carbons (Fsp3) is 0.611. The van der Waals surface area contributed by atoms with Gasteiger partial charge >= 0.3 is 0 Å². The number of carbonyl (C=O) groups excluding carboxylic acids is 1. The van der Waals surface area contributed by atoms with Crippen LogP contribution in [0.1, 0.15) is 50.5 Å². The van der Waals surface area contributed by atoms with Crippen LogP contribution in [-0.2, 0) is 9.53 Å². The lowest BCUT2D eigenvalue weighted by atomic mass is 10.1. The first-order valence-electron chi connectivity index (χ1n) is 8.42. The van der Waals surface area contributed by atoms with Gasteiger partial charge in [0.2, 0.25) is 5.91 Å². The summed E-state index contributed by atoms with van der Waals surface area (Å²) in [5.74, 6) is -1.86. The second-order valence-corrected chi connectivity index (χ2v) is 6.71. The van der Waals surface area contributed by atoms with E-state index in [1.54, 1.807) is 0 Å². The normalized spacial score (nSPS) is 27.7. The molecular formula is C18H23F2NO2. The monoisotopic (exact) mass is 323 g/mol. The zero-order valence-corrected chi connectivity index (χ0v) is 13.4. The first kappa shape index (κ1) is 16.4. The van der Waals surface area contributed by atoms with Crippen molar-refractivity contribution in [1.82, 2.24) is 5.32 Å². The van der Waals surface area contributed by atoms with E-state index < -0.39 is 11.6 Å². The third-order valence-electron chi connectivity index (χ3n) is 4.83. The Bertz CT molecular complexity index is 552. The maximum atomic E-state index is 13.7. The molecule has 1 N–H and O–H groups in total. The molecule has 0 bridgehead atoms. The molecule has 1 aromatic rings. The summed E-state index contributed by atoms with van der Waals surface area (Å²) in [6.07, 6.45) is 4.85. The van der Waals surface area contributed by atoms with Gasteiger partial charge < -0.3 is 10.1 Å². The van der Waals surface area contributed by atoms with Crippen LogP contribution < -0.4 is 5.32 Å². The standard InChI is InChI=1S/C18H23F2NO2/c1-11(7-8-12-4-3-9-23-12)21-18(22)14-10-13(14)17-15(19)5-2-6-16(17)20/h2,5-6,11-14H,3-4,7-10H2,1H3,(H,21,22). The summed E-state index contributed by atoms with van der Waals surface area (Å²) in [5.41, 5.74) is 0.0552. The van der Waals surface area contributed by atoms with Crippen LogP contribution in [0.3, 0.4) is 0 Å². The Morgan fingerprint density at radius 2 is 2.13 bits per heavy atom. The highest BCUT2D eigenvalue weighted by Crippen LogP contribution is 2.49.